The number of amides is 1. The number of aromatic amines is 1. The Morgan fingerprint density at radius 1 is 1.25 bits per heavy atom. The van der Waals surface area contributed by atoms with Gasteiger partial charge in [0, 0.05) is 42.8 Å². The predicted molar refractivity (Wildman–Crippen MR) is 189 cm³/mol. The van der Waals surface area contributed by atoms with Crippen LogP contribution in [-0.2, 0) is 19.0 Å². The van der Waals surface area contributed by atoms with Crippen molar-refractivity contribution in [2.24, 2.45) is 4.99 Å². The molecule has 0 saturated carbocycles. The zero-order chi connectivity index (χ0) is 35.7. The lowest BCUT2D eigenvalue weighted by Crippen LogP contribution is -2.42. The van der Waals surface area contributed by atoms with Gasteiger partial charge in [0.1, 0.15) is 30.8 Å². The maximum atomic E-state index is 13.3. The number of rotatable bonds is 15. The van der Waals surface area contributed by atoms with Gasteiger partial charge in [-0.2, -0.15) is 18.2 Å². The molecule has 19 heteroatoms. The number of hydrogen-bond donors (Lipinski definition) is 3. The Hall–Kier alpha value is -2.05. The van der Waals surface area contributed by atoms with Crippen molar-refractivity contribution in [3.8, 4) is 11.8 Å². The molecule has 0 bridgehead atoms. The zero-order valence-corrected chi connectivity index (χ0v) is 30.9. The molecule has 268 valence electrons. The van der Waals surface area contributed by atoms with Crippen molar-refractivity contribution in [3.05, 3.63) is 22.1 Å². The van der Waals surface area contributed by atoms with E-state index in [9.17, 15) is 27.9 Å². The molecule has 0 aliphatic carbocycles. The van der Waals surface area contributed by atoms with E-state index in [0.29, 0.717) is 23.6 Å². The number of hydrogen-bond acceptors (Lipinski definition) is 12. The van der Waals surface area contributed by atoms with Gasteiger partial charge in [0.25, 0.3) is 5.56 Å². The molecule has 2 aromatic heterocycles. The van der Waals surface area contributed by atoms with E-state index < -0.39 is 34.7 Å². The first-order chi connectivity index (χ1) is 22.4. The number of carbonyl (C=O) groups is 1. The van der Waals surface area contributed by atoms with E-state index in [-0.39, 0.29) is 47.9 Å². The SMILES string of the molecule is CN(C)C=Nc1nc2c(c(C#CCOCSSC(C)(C)CNC(=O)C(F)(F)F)cn2[C@H]2CC(OCSSC(C)(C)C)[C@@H](CO)O2)c(=O)[nH]1. The third-order valence-corrected chi connectivity index (χ3v) is 12.1. The van der Waals surface area contributed by atoms with Crippen LogP contribution >= 0.6 is 43.2 Å². The lowest BCUT2D eigenvalue weighted by molar-refractivity contribution is -0.173. The maximum absolute atomic E-state index is 13.3. The Kier molecular flexibility index (Phi) is 14.9. The summed E-state index contributed by atoms with van der Waals surface area (Å²) in [6.07, 6.45) is -2.91. The number of nitrogens with zero attached hydrogens (tertiary/aromatic N) is 4. The van der Waals surface area contributed by atoms with Crippen LogP contribution in [0.4, 0.5) is 19.1 Å². The number of aliphatic imine (C=N–C) groups is 1. The summed E-state index contributed by atoms with van der Waals surface area (Å²) in [5, 5.41) is 12.2. The Morgan fingerprint density at radius 2 is 1.96 bits per heavy atom. The topological polar surface area (TPSA) is 143 Å². The highest BCUT2D eigenvalue weighted by Crippen LogP contribution is 2.38. The molecule has 1 saturated heterocycles. The van der Waals surface area contributed by atoms with Gasteiger partial charge in [0.15, 0.2) is 5.65 Å². The highest BCUT2D eigenvalue weighted by molar-refractivity contribution is 8.77. The van der Waals surface area contributed by atoms with Crippen molar-refractivity contribution in [2.75, 3.05) is 45.7 Å². The van der Waals surface area contributed by atoms with E-state index in [0.717, 1.165) is 0 Å². The first kappa shape index (κ1) is 40.4. The van der Waals surface area contributed by atoms with Crippen molar-refractivity contribution in [3.63, 3.8) is 0 Å². The monoisotopic (exact) mass is 754 g/mol. The molecular weight excluding hydrogens is 714 g/mol. The van der Waals surface area contributed by atoms with Crippen LogP contribution in [0.2, 0.25) is 0 Å². The van der Waals surface area contributed by atoms with Gasteiger partial charge in [0.2, 0.25) is 5.95 Å². The highest BCUT2D eigenvalue weighted by atomic mass is 33.1. The highest BCUT2D eigenvalue weighted by Gasteiger charge is 2.40. The number of nitrogens with one attached hydrogen (secondary N) is 2. The number of carbonyl (C=O) groups excluding carboxylic acids is 1. The Labute approximate surface area is 293 Å². The number of alkyl halides is 3. The third-order valence-electron chi connectivity index (χ3n) is 6.14. The average molecular weight is 755 g/mol. The molecule has 1 fully saturated rings. The molecule has 1 aliphatic rings. The molecule has 3 atom stereocenters. The molecule has 1 unspecified atom stereocenters. The van der Waals surface area contributed by atoms with Crippen LogP contribution in [0.25, 0.3) is 11.0 Å². The van der Waals surface area contributed by atoms with E-state index in [1.54, 1.807) is 65.2 Å². The summed E-state index contributed by atoms with van der Waals surface area (Å²) in [6, 6.07) is 0. The van der Waals surface area contributed by atoms with Crippen molar-refractivity contribution in [1.82, 2.24) is 24.8 Å². The van der Waals surface area contributed by atoms with Gasteiger partial charge in [-0.1, -0.05) is 75.8 Å². The molecule has 48 heavy (non-hydrogen) atoms. The van der Waals surface area contributed by atoms with Gasteiger partial charge in [-0.05, 0) is 13.8 Å². The lowest BCUT2D eigenvalue weighted by atomic mass is 10.2. The van der Waals surface area contributed by atoms with E-state index in [1.807, 2.05) is 5.32 Å². The van der Waals surface area contributed by atoms with Crippen LogP contribution in [0, 0.1) is 11.8 Å². The van der Waals surface area contributed by atoms with Gasteiger partial charge in [0.05, 0.1) is 30.0 Å². The normalized spacial score (nSPS) is 18.8. The summed E-state index contributed by atoms with van der Waals surface area (Å²) in [5.74, 6) is 4.57. The fraction of sp³-hybridized carbons (Fsp3) is 0.655. The molecule has 0 aromatic carbocycles. The van der Waals surface area contributed by atoms with Gasteiger partial charge in [-0.25, -0.2) is 4.99 Å². The van der Waals surface area contributed by atoms with Gasteiger partial charge in [-0.15, -0.1) is 0 Å². The van der Waals surface area contributed by atoms with E-state index in [1.165, 1.54) is 27.9 Å². The molecule has 12 nitrogen and oxygen atoms in total. The maximum Gasteiger partial charge on any atom is 0.471 e. The van der Waals surface area contributed by atoms with Crippen molar-refractivity contribution in [2.45, 2.75) is 75.1 Å². The van der Waals surface area contributed by atoms with Crippen LogP contribution in [0.15, 0.2) is 16.0 Å². The number of H-pyrrole nitrogens is 1. The van der Waals surface area contributed by atoms with Crippen LogP contribution in [0.1, 0.15) is 52.8 Å². The molecule has 1 amide bonds. The molecule has 3 N–H and O–H groups in total. The molecule has 0 spiro atoms. The second-order valence-electron chi connectivity index (χ2n) is 12.3. The molecular formula is C29H41F3N6O6S4. The summed E-state index contributed by atoms with van der Waals surface area (Å²) in [7, 11) is 9.39. The molecule has 3 rings (SSSR count). The zero-order valence-electron chi connectivity index (χ0n) is 27.7. The van der Waals surface area contributed by atoms with Gasteiger partial charge >= 0.3 is 12.1 Å². The minimum Gasteiger partial charge on any atom is -0.394 e. The number of aromatic nitrogens is 3. The van der Waals surface area contributed by atoms with E-state index >= 15 is 0 Å². The van der Waals surface area contributed by atoms with Crippen LogP contribution in [-0.4, -0.2) is 110 Å². The summed E-state index contributed by atoms with van der Waals surface area (Å²) in [4.78, 5) is 37.5. The smallest absolute Gasteiger partial charge is 0.394 e. The van der Waals surface area contributed by atoms with Crippen molar-refractivity contribution < 1.29 is 37.3 Å². The number of fused-ring (bicyclic) bond motifs is 1. The summed E-state index contributed by atoms with van der Waals surface area (Å²) in [5.41, 5.74) is 0.253. The number of halogens is 3. The average Bonchev–Trinajstić information content (AvgIpc) is 3.56. The van der Waals surface area contributed by atoms with E-state index in [2.05, 4.69) is 47.6 Å². The van der Waals surface area contributed by atoms with Crippen LogP contribution in [0.3, 0.4) is 0 Å². The largest absolute Gasteiger partial charge is 0.471 e. The second kappa shape index (κ2) is 17.7. The van der Waals surface area contributed by atoms with Gasteiger partial charge < -0.3 is 34.1 Å². The Morgan fingerprint density at radius 3 is 2.60 bits per heavy atom. The number of aliphatic hydroxyl groups is 1. The summed E-state index contributed by atoms with van der Waals surface area (Å²) in [6.45, 7) is 9.33. The Bertz CT molecular complexity index is 1530. The van der Waals surface area contributed by atoms with Crippen molar-refractivity contribution >= 4 is 72.4 Å². The van der Waals surface area contributed by atoms with E-state index in [4.69, 9.17) is 14.2 Å². The second-order valence-corrected chi connectivity index (χ2v) is 18.4. The minimum absolute atomic E-state index is 0.00862. The standard InChI is InChI=1S/C29H41F3N6O6S4/c1-27(2,3)47-46-17-43-19-11-21(44-20(19)13-39)38-12-18(22-23(38)35-26(36-24(22)40)34-15-37(6)7)9-8-10-42-16-45-48-28(4,5)14-33-25(41)29(30,31)32/h12,15,19-21,39H,10-11,13-14,16-17H2,1-7H3,(H,33,41)(H,35,36,40)/t19?,20-,21-/m1/s1. The lowest BCUT2D eigenvalue weighted by Gasteiger charge is -2.23. The Balaban J connectivity index is 1.72. The minimum atomic E-state index is -4.93. The van der Waals surface area contributed by atoms with Crippen molar-refractivity contribution in [1.29, 1.82) is 0 Å². The molecule has 1 aliphatic heterocycles. The first-order valence-electron chi connectivity index (χ1n) is 14.7. The fourth-order valence-electron chi connectivity index (χ4n) is 4.08. The predicted octanol–water partition coefficient (Wildman–Crippen LogP) is 4.91. The van der Waals surface area contributed by atoms with Crippen LogP contribution in [0.5, 0.6) is 0 Å². The van der Waals surface area contributed by atoms with Gasteiger partial charge in [-0.3, -0.25) is 14.6 Å². The third kappa shape index (κ3) is 12.7. The van der Waals surface area contributed by atoms with Crippen LogP contribution < -0.4 is 10.9 Å². The summed E-state index contributed by atoms with van der Waals surface area (Å²) >= 11 is 0. The fourth-order valence-corrected chi connectivity index (χ4v) is 8.22. The quantitative estimate of drug-likeness (QED) is 0.0568. The summed E-state index contributed by atoms with van der Waals surface area (Å²) < 4.78 is 56.2. The molecule has 3 heterocycles. The first-order valence-corrected chi connectivity index (χ1v) is 19.3. The molecule has 0 radical (unpaired) electrons. The molecule has 2 aromatic rings. The number of ether oxygens (including phenoxy) is 3. The number of aliphatic hydroxyl groups excluding tert-OH is 1.